The third-order valence-electron chi connectivity index (χ3n) is 6.07. The molecule has 1 amide bonds. The SMILES string of the molecule is C=C(/N=c1/c(N2CCCC2COC)nccn1C)Nc1ccc2c(c1)NC(=O)C2(C)C. The normalized spacial score (nSPS) is 20.0. The van der Waals surface area contributed by atoms with E-state index < -0.39 is 5.41 Å². The van der Waals surface area contributed by atoms with E-state index in [2.05, 4.69) is 27.1 Å². The maximum absolute atomic E-state index is 12.2. The fourth-order valence-electron chi connectivity index (χ4n) is 4.30. The highest BCUT2D eigenvalue weighted by Gasteiger charge is 2.38. The second kappa shape index (κ2) is 8.19. The van der Waals surface area contributed by atoms with Gasteiger partial charge in [-0.05, 0) is 44.4 Å². The van der Waals surface area contributed by atoms with Crippen LogP contribution in [0.25, 0.3) is 0 Å². The Labute approximate surface area is 182 Å². The molecule has 0 spiro atoms. The van der Waals surface area contributed by atoms with Gasteiger partial charge < -0.3 is 24.8 Å². The molecule has 1 aromatic heterocycles. The van der Waals surface area contributed by atoms with Gasteiger partial charge in [0.25, 0.3) is 0 Å². The van der Waals surface area contributed by atoms with Gasteiger partial charge in [0.15, 0.2) is 11.3 Å². The number of hydrogen-bond acceptors (Lipinski definition) is 6. The van der Waals surface area contributed by atoms with E-state index in [1.807, 2.05) is 49.9 Å². The van der Waals surface area contributed by atoms with E-state index in [9.17, 15) is 4.79 Å². The van der Waals surface area contributed by atoms with Gasteiger partial charge in [-0.3, -0.25) is 4.79 Å². The first-order chi connectivity index (χ1) is 14.8. The number of carbonyl (C=O) groups excluding carboxylic acids is 1. The second-order valence-corrected chi connectivity index (χ2v) is 8.65. The van der Waals surface area contributed by atoms with Crippen LogP contribution >= 0.6 is 0 Å². The van der Waals surface area contributed by atoms with Gasteiger partial charge >= 0.3 is 0 Å². The average molecular weight is 423 g/mol. The van der Waals surface area contributed by atoms with Crippen LogP contribution in [0.5, 0.6) is 0 Å². The molecule has 8 nitrogen and oxygen atoms in total. The van der Waals surface area contributed by atoms with Gasteiger partial charge in [-0.15, -0.1) is 0 Å². The van der Waals surface area contributed by atoms with Crippen molar-refractivity contribution in [1.82, 2.24) is 9.55 Å². The van der Waals surface area contributed by atoms with Crippen LogP contribution in [0.4, 0.5) is 17.2 Å². The number of nitrogens with zero attached hydrogens (tertiary/aromatic N) is 4. The summed E-state index contributed by atoms with van der Waals surface area (Å²) < 4.78 is 7.35. The molecule has 1 atom stereocenters. The largest absolute Gasteiger partial charge is 0.383 e. The van der Waals surface area contributed by atoms with Crippen molar-refractivity contribution in [3.05, 3.63) is 54.0 Å². The van der Waals surface area contributed by atoms with Gasteiger partial charge in [0.1, 0.15) is 5.82 Å². The van der Waals surface area contributed by atoms with Gasteiger partial charge in [-0.1, -0.05) is 12.6 Å². The Bertz CT molecular complexity index is 1090. The maximum Gasteiger partial charge on any atom is 0.234 e. The smallest absolute Gasteiger partial charge is 0.234 e. The number of methoxy groups -OCH3 is 1. The molecule has 2 aliphatic rings. The Morgan fingerprint density at radius 2 is 2.26 bits per heavy atom. The fraction of sp³-hybridized carbons (Fsp3) is 0.435. The Morgan fingerprint density at radius 3 is 3.03 bits per heavy atom. The monoisotopic (exact) mass is 422 g/mol. The number of aryl methyl sites for hydroxylation is 1. The molecule has 1 unspecified atom stereocenters. The van der Waals surface area contributed by atoms with Crippen LogP contribution in [0.1, 0.15) is 32.3 Å². The summed E-state index contributed by atoms with van der Waals surface area (Å²) in [6.07, 6.45) is 5.84. The first-order valence-electron chi connectivity index (χ1n) is 10.5. The lowest BCUT2D eigenvalue weighted by atomic mass is 9.86. The van der Waals surface area contributed by atoms with Crippen LogP contribution in [-0.4, -0.2) is 41.8 Å². The quantitative estimate of drug-likeness (QED) is 0.748. The summed E-state index contributed by atoms with van der Waals surface area (Å²) >= 11 is 0. The molecule has 2 N–H and O–H groups in total. The molecule has 2 aliphatic heterocycles. The first-order valence-corrected chi connectivity index (χ1v) is 10.5. The molecule has 2 aromatic rings. The van der Waals surface area contributed by atoms with Crippen molar-refractivity contribution in [1.29, 1.82) is 0 Å². The number of amides is 1. The molecule has 1 fully saturated rings. The van der Waals surface area contributed by atoms with Gasteiger partial charge in [0.05, 0.1) is 18.1 Å². The molecule has 164 valence electrons. The zero-order chi connectivity index (χ0) is 22.2. The van der Waals surface area contributed by atoms with Gasteiger partial charge in [-0.25, -0.2) is 9.98 Å². The number of aromatic nitrogens is 2. The Kier molecular flexibility index (Phi) is 5.58. The number of rotatable bonds is 6. The average Bonchev–Trinajstić information content (AvgIpc) is 3.26. The molecule has 3 heterocycles. The molecule has 0 saturated carbocycles. The molecule has 1 saturated heterocycles. The number of ether oxygens (including phenoxy) is 1. The summed E-state index contributed by atoms with van der Waals surface area (Å²) in [5.74, 6) is 1.33. The van der Waals surface area contributed by atoms with Crippen molar-refractivity contribution in [2.75, 3.05) is 35.8 Å². The van der Waals surface area contributed by atoms with E-state index in [-0.39, 0.29) is 5.91 Å². The molecular formula is C23H30N6O2. The molecule has 0 bridgehead atoms. The highest BCUT2D eigenvalue weighted by molar-refractivity contribution is 6.06. The summed E-state index contributed by atoms with van der Waals surface area (Å²) in [5, 5.41) is 6.20. The molecule has 1 aromatic carbocycles. The minimum absolute atomic E-state index is 0.00594. The van der Waals surface area contributed by atoms with Crippen molar-refractivity contribution in [2.45, 2.75) is 38.1 Å². The topological polar surface area (TPSA) is 83.8 Å². The lowest BCUT2D eigenvalue weighted by Crippen LogP contribution is -2.39. The maximum atomic E-state index is 12.2. The first kappa shape index (κ1) is 21.1. The van der Waals surface area contributed by atoms with Crippen LogP contribution in [-0.2, 0) is 22.0 Å². The summed E-state index contributed by atoms with van der Waals surface area (Å²) in [6, 6.07) is 6.12. The van der Waals surface area contributed by atoms with Crippen molar-refractivity contribution < 1.29 is 9.53 Å². The number of nitrogens with one attached hydrogen (secondary N) is 2. The predicted molar refractivity (Wildman–Crippen MR) is 122 cm³/mol. The number of benzene rings is 1. The molecule has 31 heavy (non-hydrogen) atoms. The number of carbonyl (C=O) groups is 1. The highest BCUT2D eigenvalue weighted by Crippen LogP contribution is 2.38. The fourth-order valence-corrected chi connectivity index (χ4v) is 4.30. The van der Waals surface area contributed by atoms with E-state index in [0.717, 1.165) is 47.6 Å². The number of hydrogen-bond donors (Lipinski definition) is 2. The van der Waals surface area contributed by atoms with E-state index in [4.69, 9.17) is 9.73 Å². The molecular weight excluding hydrogens is 392 g/mol. The standard InChI is InChI=1S/C23H30N6O2/c1-15(25-16-8-9-18-19(13-16)27-22(30)23(18,2)3)26-21-20(24-10-12-28(21)4)29-11-6-7-17(29)14-31-5/h8-10,12-13,17,25H,1,6-7,11,14H2,2-5H3,(H,27,30)/b26-21-. The predicted octanol–water partition coefficient (Wildman–Crippen LogP) is 2.75. The number of anilines is 3. The highest BCUT2D eigenvalue weighted by atomic mass is 16.5. The van der Waals surface area contributed by atoms with Gasteiger partial charge in [0.2, 0.25) is 5.91 Å². The van der Waals surface area contributed by atoms with Crippen molar-refractivity contribution in [2.24, 2.45) is 12.0 Å². The Balaban J connectivity index is 1.61. The summed E-state index contributed by atoms with van der Waals surface area (Å²) in [6.45, 7) is 9.53. The molecule has 4 rings (SSSR count). The molecule has 0 radical (unpaired) electrons. The summed E-state index contributed by atoms with van der Waals surface area (Å²) in [7, 11) is 3.68. The Morgan fingerprint density at radius 1 is 1.45 bits per heavy atom. The van der Waals surface area contributed by atoms with E-state index in [0.29, 0.717) is 18.5 Å². The van der Waals surface area contributed by atoms with Crippen molar-refractivity contribution >= 4 is 23.1 Å². The minimum atomic E-state index is -0.526. The van der Waals surface area contributed by atoms with Crippen molar-refractivity contribution in [3.8, 4) is 0 Å². The van der Waals surface area contributed by atoms with Crippen LogP contribution < -0.4 is 21.0 Å². The van der Waals surface area contributed by atoms with Crippen LogP contribution in [0.2, 0.25) is 0 Å². The minimum Gasteiger partial charge on any atom is -0.383 e. The third-order valence-corrected chi connectivity index (χ3v) is 6.07. The van der Waals surface area contributed by atoms with E-state index in [1.165, 1.54) is 0 Å². The number of fused-ring (bicyclic) bond motifs is 1. The van der Waals surface area contributed by atoms with Crippen molar-refractivity contribution in [3.63, 3.8) is 0 Å². The zero-order valence-corrected chi connectivity index (χ0v) is 18.6. The Hall–Kier alpha value is -3.13. The molecule has 8 heteroatoms. The lowest BCUT2D eigenvalue weighted by molar-refractivity contribution is -0.119. The zero-order valence-electron chi connectivity index (χ0n) is 18.6. The van der Waals surface area contributed by atoms with Crippen LogP contribution in [0.15, 0.2) is 48.0 Å². The van der Waals surface area contributed by atoms with E-state index >= 15 is 0 Å². The third kappa shape index (κ3) is 3.95. The van der Waals surface area contributed by atoms with E-state index in [1.54, 1.807) is 13.3 Å². The van der Waals surface area contributed by atoms with Crippen LogP contribution in [0, 0.1) is 0 Å². The van der Waals surface area contributed by atoms with Gasteiger partial charge in [0, 0.05) is 44.5 Å². The summed E-state index contributed by atoms with van der Waals surface area (Å²) in [5.41, 5.74) is 2.84. The summed E-state index contributed by atoms with van der Waals surface area (Å²) in [4.78, 5) is 23.9. The lowest BCUT2D eigenvalue weighted by Gasteiger charge is -2.25. The molecule has 0 aliphatic carbocycles. The second-order valence-electron chi connectivity index (χ2n) is 8.65. The van der Waals surface area contributed by atoms with Gasteiger partial charge in [-0.2, -0.15) is 0 Å². The van der Waals surface area contributed by atoms with Crippen LogP contribution in [0.3, 0.4) is 0 Å².